The highest BCUT2D eigenvalue weighted by Gasteiger charge is 2.30. The van der Waals surface area contributed by atoms with Gasteiger partial charge >= 0.3 is 0 Å². The van der Waals surface area contributed by atoms with Gasteiger partial charge in [-0.15, -0.1) is 0 Å². The summed E-state index contributed by atoms with van der Waals surface area (Å²) in [5.74, 6) is 2.57. The van der Waals surface area contributed by atoms with E-state index < -0.39 is 0 Å². The highest BCUT2D eigenvalue weighted by molar-refractivity contribution is 14.1. The second-order valence-electron chi connectivity index (χ2n) is 4.42. The molecule has 0 amide bonds. The van der Waals surface area contributed by atoms with Gasteiger partial charge in [-0.2, -0.15) is 0 Å². The van der Waals surface area contributed by atoms with E-state index in [2.05, 4.69) is 28.7 Å². The molecule has 0 fully saturated rings. The van der Waals surface area contributed by atoms with Crippen molar-refractivity contribution in [2.45, 2.75) is 5.92 Å². The number of fused-ring (bicyclic) bond motifs is 2. The largest absolute Gasteiger partial charge is 0.493 e. The molecular weight excluding hydrogens is 353 g/mol. The Labute approximate surface area is 125 Å². The molecule has 0 aromatic heterocycles. The molecule has 3 nitrogen and oxygen atoms in total. The maximum Gasteiger partial charge on any atom is 0.174 e. The molecule has 19 heavy (non-hydrogen) atoms. The van der Waals surface area contributed by atoms with Gasteiger partial charge in [-0.1, -0.05) is 18.2 Å². The van der Waals surface area contributed by atoms with Crippen LogP contribution in [0.3, 0.4) is 0 Å². The SMILES string of the molecule is COc1ccc(I)c2c1Oc1ccccc1C2CN. The number of rotatable bonds is 2. The van der Waals surface area contributed by atoms with Crippen LogP contribution in [0.5, 0.6) is 17.2 Å². The minimum Gasteiger partial charge on any atom is -0.493 e. The van der Waals surface area contributed by atoms with Crippen molar-refractivity contribution in [2.75, 3.05) is 13.7 Å². The van der Waals surface area contributed by atoms with E-state index in [0.717, 1.165) is 31.9 Å². The Morgan fingerprint density at radius 1 is 1.26 bits per heavy atom. The van der Waals surface area contributed by atoms with E-state index in [0.29, 0.717) is 6.54 Å². The molecule has 1 aliphatic rings. The number of nitrogens with two attached hydrogens (primary N) is 1. The van der Waals surface area contributed by atoms with E-state index in [9.17, 15) is 0 Å². The molecule has 2 aromatic carbocycles. The number of hydrogen-bond acceptors (Lipinski definition) is 3. The number of ether oxygens (including phenoxy) is 2. The van der Waals surface area contributed by atoms with Crippen molar-refractivity contribution in [1.82, 2.24) is 0 Å². The molecule has 1 atom stereocenters. The zero-order valence-corrected chi connectivity index (χ0v) is 12.7. The monoisotopic (exact) mass is 367 g/mol. The predicted octanol–water partition coefficient (Wildman–Crippen LogP) is 3.50. The second kappa shape index (κ2) is 5.02. The molecule has 1 heterocycles. The molecular formula is C15H14INO2. The molecule has 0 spiro atoms. The smallest absolute Gasteiger partial charge is 0.174 e. The first-order chi connectivity index (χ1) is 9.26. The van der Waals surface area contributed by atoms with Gasteiger partial charge in [0.2, 0.25) is 0 Å². The summed E-state index contributed by atoms with van der Waals surface area (Å²) in [7, 11) is 1.66. The van der Waals surface area contributed by atoms with Gasteiger partial charge in [0.15, 0.2) is 11.5 Å². The summed E-state index contributed by atoms with van der Waals surface area (Å²) in [6.07, 6.45) is 0. The maximum absolute atomic E-state index is 6.03. The van der Waals surface area contributed by atoms with E-state index in [4.69, 9.17) is 15.2 Å². The number of hydrogen-bond donors (Lipinski definition) is 1. The van der Waals surface area contributed by atoms with Crippen molar-refractivity contribution in [3.63, 3.8) is 0 Å². The molecule has 0 saturated carbocycles. The quantitative estimate of drug-likeness (QED) is 0.827. The summed E-state index contributed by atoms with van der Waals surface area (Å²) < 4.78 is 12.6. The fourth-order valence-electron chi connectivity index (χ4n) is 2.52. The summed E-state index contributed by atoms with van der Waals surface area (Å²) in [6, 6.07) is 12.0. The number of methoxy groups -OCH3 is 1. The molecule has 1 unspecified atom stereocenters. The fourth-order valence-corrected chi connectivity index (χ4v) is 3.32. The topological polar surface area (TPSA) is 44.5 Å². The molecule has 2 N–H and O–H groups in total. The Morgan fingerprint density at radius 2 is 2.05 bits per heavy atom. The number of halogens is 1. The van der Waals surface area contributed by atoms with Crippen LogP contribution >= 0.6 is 22.6 Å². The van der Waals surface area contributed by atoms with E-state index in [1.54, 1.807) is 7.11 Å². The Balaban J connectivity index is 2.25. The molecule has 0 radical (unpaired) electrons. The first kappa shape index (κ1) is 12.7. The molecule has 4 heteroatoms. The van der Waals surface area contributed by atoms with Gasteiger partial charge < -0.3 is 15.2 Å². The summed E-state index contributed by atoms with van der Waals surface area (Å²) in [5.41, 5.74) is 8.26. The van der Waals surface area contributed by atoms with Gasteiger partial charge in [0, 0.05) is 27.2 Å². The van der Waals surface area contributed by atoms with Crippen molar-refractivity contribution in [2.24, 2.45) is 5.73 Å². The minimum atomic E-state index is 0.155. The van der Waals surface area contributed by atoms with Gasteiger partial charge in [-0.05, 0) is 40.8 Å². The molecule has 2 aromatic rings. The lowest BCUT2D eigenvalue weighted by Gasteiger charge is -2.29. The first-order valence-electron chi connectivity index (χ1n) is 6.09. The summed E-state index contributed by atoms with van der Waals surface area (Å²) >= 11 is 2.32. The predicted molar refractivity (Wildman–Crippen MR) is 83.1 cm³/mol. The molecule has 3 rings (SSSR count). The van der Waals surface area contributed by atoms with E-state index in [-0.39, 0.29) is 5.92 Å². The Hall–Kier alpha value is -1.27. The van der Waals surface area contributed by atoms with Crippen molar-refractivity contribution in [1.29, 1.82) is 0 Å². The Kier molecular flexibility index (Phi) is 3.36. The summed E-state index contributed by atoms with van der Waals surface area (Å²) in [6.45, 7) is 0.552. The zero-order valence-electron chi connectivity index (χ0n) is 10.5. The van der Waals surface area contributed by atoms with Gasteiger partial charge in [-0.25, -0.2) is 0 Å². The average Bonchev–Trinajstić information content (AvgIpc) is 2.45. The van der Waals surface area contributed by atoms with Crippen LogP contribution in [0.4, 0.5) is 0 Å². The van der Waals surface area contributed by atoms with Crippen molar-refractivity contribution >= 4 is 22.6 Å². The van der Waals surface area contributed by atoms with Crippen molar-refractivity contribution in [3.8, 4) is 17.2 Å². The third-order valence-corrected chi connectivity index (χ3v) is 4.36. The van der Waals surface area contributed by atoms with Crippen molar-refractivity contribution in [3.05, 3.63) is 51.1 Å². The fraction of sp³-hybridized carbons (Fsp3) is 0.200. The van der Waals surface area contributed by atoms with Gasteiger partial charge in [0.25, 0.3) is 0 Å². The van der Waals surface area contributed by atoms with Crippen LogP contribution in [0.1, 0.15) is 17.0 Å². The van der Waals surface area contributed by atoms with Crippen LogP contribution in [-0.2, 0) is 0 Å². The van der Waals surface area contributed by atoms with Crippen LogP contribution in [-0.4, -0.2) is 13.7 Å². The Morgan fingerprint density at radius 3 is 2.79 bits per heavy atom. The Bertz CT molecular complexity index is 628. The highest BCUT2D eigenvalue weighted by Crippen LogP contribution is 2.49. The third-order valence-electron chi connectivity index (χ3n) is 3.42. The van der Waals surface area contributed by atoms with Crippen molar-refractivity contribution < 1.29 is 9.47 Å². The number of para-hydroxylation sites is 1. The first-order valence-corrected chi connectivity index (χ1v) is 7.17. The second-order valence-corrected chi connectivity index (χ2v) is 5.58. The van der Waals surface area contributed by atoms with Crippen LogP contribution in [0.15, 0.2) is 36.4 Å². The third kappa shape index (κ3) is 1.99. The van der Waals surface area contributed by atoms with Gasteiger partial charge in [-0.3, -0.25) is 0 Å². The number of benzene rings is 2. The normalized spacial score (nSPS) is 16.3. The molecule has 1 aliphatic heterocycles. The van der Waals surface area contributed by atoms with E-state index in [1.165, 1.54) is 0 Å². The molecule has 98 valence electrons. The lowest BCUT2D eigenvalue weighted by Crippen LogP contribution is -2.20. The van der Waals surface area contributed by atoms with Gasteiger partial charge in [0.1, 0.15) is 5.75 Å². The van der Waals surface area contributed by atoms with Crippen LogP contribution < -0.4 is 15.2 Å². The maximum atomic E-state index is 6.03. The zero-order chi connectivity index (χ0) is 13.4. The molecule has 0 aliphatic carbocycles. The van der Waals surface area contributed by atoms with Crippen LogP contribution in [0, 0.1) is 3.57 Å². The van der Waals surface area contributed by atoms with Crippen LogP contribution in [0.25, 0.3) is 0 Å². The molecule has 0 saturated heterocycles. The summed E-state index contributed by atoms with van der Waals surface area (Å²) in [5, 5.41) is 0. The van der Waals surface area contributed by atoms with Gasteiger partial charge in [0.05, 0.1) is 7.11 Å². The lowest BCUT2D eigenvalue weighted by atomic mass is 9.88. The molecule has 0 bridgehead atoms. The average molecular weight is 367 g/mol. The van der Waals surface area contributed by atoms with E-state index in [1.807, 2.05) is 30.3 Å². The van der Waals surface area contributed by atoms with Crippen LogP contribution in [0.2, 0.25) is 0 Å². The summed E-state index contributed by atoms with van der Waals surface area (Å²) in [4.78, 5) is 0. The lowest BCUT2D eigenvalue weighted by molar-refractivity contribution is 0.367. The standard InChI is InChI=1S/C15H14INO2/c1-18-13-7-6-11(16)14-10(8-17)9-4-2-3-5-12(9)19-15(13)14/h2-7,10H,8,17H2,1H3. The highest BCUT2D eigenvalue weighted by atomic mass is 127. The van der Waals surface area contributed by atoms with E-state index >= 15 is 0 Å². The minimum absolute atomic E-state index is 0.155.